The van der Waals surface area contributed by atoms with Gasteiger partial charge in [-0.05, 0) is 45.1 Å². The van der Waals surface area contributed by atoms with Crippen LogP contribution in [0.3, 0.4) is 0 Å². The Bertz CT molecular complexity index is 385. The van der Waals surface area contributed by atoms with Gasteiger partial charge in [-0.2, -0.15) is 8.78 Å². The largest absolute Gasteiger partial charge is 0.461 e. The second-order valence-corrected chi connectivity index (χ2v) is 11.7. The molecule has 7 heteroatoms. The number of esters is 1. The van der Waals surface area contributed by atoms with E-state index in [9.17, 15) is 13.6 Å². The number of carbonyl (C=O) groups excluding carboxylic acids is 1. The summed E-state index contributed by atoms with van der Waals surface area (Å²) in [6.45, 7) is 13.4. The number of nitrogens with zero attached hydrogens (tertiary/aromatic N) is 1. The zero-order valence-electron chi connectivity index (χ0n) is 15.3. The highest BCUT2D eigenvalue weighted by Gasteiger charge is 2.55. The highest BCUT2D eigenvalue weighted by atomic mass is 28.4. The van der Waals surface area contributed by atoms with Crippen LogP contribution < -0.4 is 0 Å². The first-order valence-corrected chi connectivity index (χ1v) is 10.5. The second kappa shape index (κ2) is 7.36. The van der Waals surface area contributed by atoms with Gasteiger partial charge in [-0.15, -0.1) is 0 Å². The van der Waals surface area contributed by atoms with Crippen LogP contribution in [0.2, 0.25) is 18.1 Å². The van der Waals surface area contributed by atoms with Gasteiger partial charge in [0, 0.05) is 0 Å². The molecule has 0 aliphatic carbocycles. The number of hydrogen-bond acceptors (Lipinski definition) is 4. The Kier molecular flexibility index (Phi) is 7.18. The normalized spacial score (nSPS) is 15.3. The first-order valence-electron chi connectivity index (χ1n) is 7.61. The molecule has 0 saturated heterocycles. The Morgan fingerprint density at radius 1 is 1.23 bits per heavy atom. The van der Waals surface area contributed by atoms with Gasteiger partial charge < -0.3 is 9.16 Å². The van der Waals surface area contributed by atoms with Gasteiger partial charge in [-0.1, -0.05) is 27.7 Å². The molecule has 132 valence electrons. The average molecular weight is 339 g/mol. The lowest BCUT2D eigenvalue weighted by Crippen LogP contribution is -2.58. The maximum absolute atomic E-state index is 14.4. The van der Waals surface area contributed by atoms with Crippen molar-refractivity contribution in [3.63, 3.8) is 0 Å². The first-order chi connectivity index (χ1) is 9.71. The van der Waals surface area contributed by atoms with E-state index in [2.05, 4.69) is 4.74 Å². The molecule has 0 aliphatic rings. The van der Waals surface area contributed by atoms with Gasteiger partial charge in [0.2, 0.25) is 0 Å². The molecule has 0 saturated carbocycles. The molecule has 1 atom stereocenters. The summed E-state index contributed by atoms with van der Waals surface area (Å²) in [6, 6.07) is 0. The maximum atomic E-state index is 14.4. The van der Waals surface area contributed by atoms with Gasteiger partial charge in [-0.25, -0.2) is 4.79 Å². The van der Waals surface area contributed by atoms with Crippen molar-refractivity contribution in [1.29, 1.82) is 0 Å². The average Bonchev–Trinajstić information content (AvgIpc) is 2.35. The third kappa shape index (κ3) is 4.49. The Balaban J connectivity index is 5.51. The van der Waals surface area contributed by atoms with E-state index in [1.807, 2.05) is 40.8 Å². The minimum absolute atomic E-state index is 0.0904. The zero-order chi connectivity index (χ0) is 17.9. The highest BCUT2D eigenvalue weighted by molar-refractivity contribution is 6.74. The van der Waals surface area contributed by atoms with E-state index in [4.69, 9.17) is 4.43 Å². The summed E-state index contributed by atoms with van der Waals surface area (Å²) < 4.78 is 39.2. The monoisotopic (exact) mass is 339 g/mol. The summed E-state index contributed by atoms with van der Waals surface area (Å²) in [5.74, 6) is -4.98. The highest BCUT2D eigenvalue weighted by Crippen LogP contribution is 2.46. The minimum atomic E-state index is -3.71. The van der Waals surface area contributed by atoms with E-state index in [0.29, 0.717) is 0 Å². The molecule has 0 radical (unpaired) electrons. The van der Waals surface area contributed by atoms with E-state index < -0.39 is 26.4 Å². The second-order valence-electron chi connectivity index (χ2n) is 7.16. The van der Waals surface area contributed by atoms with Crippen molar-refractivity contribution >= 4 is 14.3 Å². The van der Waals surface area contributed by atoms with Gasteiger partial charge in [0.15, 0.2) is 14.5 Å². The van der Waals surface area contributed by atoms with Crippen LogP contribution in [0.25, 0.3) is 0 Å². The molecule has 0 rings (SSSR count). The van der Waals surface area contributed by atoms with Crippen LogP contribution in [0.1, 0.15) is 34.6 Å². The maximum Gasteiger partial charge on any atom is 0.381 e. The van der Waals surface area contributed by atoms with E-state index in [-0.39, 0.29) is 17.6 Å². The lowest BCUT2D eigenvalue weighted by atomic mass is 9.99. The first kappa shape index (κ1) is 21.5. The molecule has 0 spiro atoms. The van der Waals surface area contributed by atoms with Crippen LogP contribution in [0.5, 0.6) is 0 Å². The van der Waals surface area contributed by atoms with Crippen LogP contribution in [0.4, 0.5) is 8.78 Å². The summed E-state index contributed by atoms with van der Waals surface area (Å²) in [4.78, 5) is 12.9. The van der Waals surface area contributed by atoms with Gasteiger partial charge in [-0.3, -0.25) is 4.90 Å². The van der Waals surface area contributed by atoms with Crippen LogP contribution in [-0.2, 0) is 14.0 Å². The zero-order valence-corrected chi connectivity index (χ0v) is 16.3. The van der Waals surface area contributed by atoms with Crippen molar-refractivity contribution in [2.45, 2.75) is 64.9 Å². The van der Waals surface area contributed by atoms with Crippen LogP contribution in [0, 0.1) is 5.92 Å². The fourth-order valence-electron chi connectivity index (χ4n) is 1.96. The van der Waals surface area contributed by atoms with Gasteiger partial charge in [0.05, 0.1) is 6.61 Å². The Morgan fingerprint density at radius 3 is 2.00 bits per heavy atom. The Labute approximate surface area is 134 Å². The molecule has 4 nitrogen and oxygen atoms in total. The molecule has 0 aromatic heterocycles. The molecular formula is C15H31F2NO3Si. The number of rotatable bonds is 8. The molecule has 0 aromatic rings. The molecule has 0 bridgehead atoms. The lowest BCUT2D eigenvalue weighted by molar-refractivity contribution is -0.201. The fourth-order valence-corrected chi connectivity index (χ4v) is 4.57. The van der Waals surface area contributed by atoms with Crippen molar-refractivity contribution < 1.29 is 22.7 Å². The van der Waals surface area contributed by atoms with Gasteiger partial charge >= 0.3 is 11.9 Å². The lowest BCUT2D eigenvalue weighted by Gasteiger charge is -2.46. The summed E-state index contributed by atoms with van der Waals surface area (Å²) in [7, 11) is 0.426. The molecule has 0 N–H and O–H groups in total. The summed E-state index contributed by atoms with van der Waals surface area (Å²) >= 11 is 0. The van der Waals surface area contributed by atoms with Crippen molar-refractivity contribution in [2.24, 2.45) is 5.92 Å². The van der Waals surface area contributed by atoms with Gasteiger partial charge in [0.1, 0.15) is 0 Å². The molecule has 0 heterocycles. The molecule has 1 unspecified atom stereocenters. The number of halogens is 2. The van der Waals surface area contributed by atoms with Gasteiger partial charge in [0.25, 0.3) is 0 Å². The SMILES string of the molecule is CCOC(=O)C(F)(F)C(O[Si](C)(C)C(C)(C)C(C)C)N(C)C. The minimum Gasteiger partial charge on any atom is -0.461 e. The van der Waals surface area contributed by atoms with E-state index >= 15 is 0 Å². The van der Waals surface area contributed by atoms with E-state index in [0.717, 1.165) is 0 Å². The van der Waals surface area contributed by atoms with Crippen LogP contribution in [0.15, 0.2) is 0 Å². The predicted molar refractivity (Wildman–Crippen MR) is 86.5 cm³/mol. The predicted octanol–water partition coefficient (Wildman–Crippen LogP) is 3.73. The van der Waals surface area contributed by atoms with Crippen molar-refractivity contribution in [3.05, 3.63) is 0 Å². The number of ether oxygens (including phenoxy) is 1. The smallest absolute Gasteiger partial charge is 0.381 e. The van der Waals surface area contributed by atoms with Crippen LogP contribution in [-0.4, -0.2) is 52.0 Å². The standard InChI is InChI=1S/C15H31F2NO3Si/c1-10-20-13(19)15(16,17)12(18(6)7)21-22(8,9)14(4,5)11(2)3/h11-12H,10H2,1-9H3. The molecule has 0 amide bonds. The third-order valence-electron chi connectivity index (χ3n) is 4.73. The summed E-state index contributed by atoms with van der Waals surface area (Å²) in [6.07, 6.45) is -1.63. The Morgan fingerprint density at radius 2 is 1.68 bits per heavy atom. The molecule has 22 heavy (non-hydrogen) atoms. The quantitative estimate of drug-likeness (QED) is 0.384. The molecule has 0 aliphatic heterocycles. The topological polar surface area (TPSA) is 38.8 Å². The summed E-state index contributed by atoms with van der Waals surface area (Å²) in [5, 5.41) is -0.230. The van der Waals surface area contributed by atoms with Crippen molar-refractivity contribution in [2.75, 3.05) is 20.7 Å². The number of carbonyl (C=O) groups is 1. The summed E-state index contributed by atoms with van der Waals surface area (Å²) in [5.41, 5.74) is 0. The molecule has 0 fully saturated rings. The molecule has 0 aromatic carbocycles. The van der Waals surface area contributed by atoms with Crippen molar-refractivity contribution in [1.82, 2.24) is 4.90 Å². The van der Waals surface area contributed by atoms with Crippen molar-refractivity contribution in [3.8, 4) is 0 Å². The van der Waals surface area contributed by atoms with E-state index in [1.165, 1.54) is 25.9 Å². The fraction of sp³-hybridized carbons (Fsp3) is 0.933. The number of hydrogen-bond donors (Lipinski definition) is 0. The third-order valence-corrected chi connectivity index (χ3v) is 9.22. The Hall–Kier alpha value is -0.533. The van der Waals surface area contributed by atoms with E-state index in [1.54, 1.807) is 0 Å². The molecular weight excluding hydrogens is 308 g/mol. The number of alkyl halides is 2. The van der Waals surface area contributed by atoms with Crippen LogP contribution >= 0.6 is 0 Å².